The fourth-order valence-corrected chi connectivity index (χ4v) is 5.85. The van der Waals surface area contributed by atoms with Crippen LogP contribution in [0.15, 0.2) is 46.5 Å². The molecule has 2 aliphatic rings. The van der Waals surface area contributed by atoms with Gasteiger partial charge < -0.3 is 0 Å². The average molecular weight is 449 g/mol. The molecule has 1 atom stereocenters. The van der Waals surface area contributed by atoms with E-state index in [4.69, 9.17) is 11.6 Å². The first kappa shape index (κ1) is 20.3. The summed E-state index contributed by atoms with van der Waals surface area (Å²) in [7, 11) is -3.29. The molecule has 2 aliphatic heterocycles. The molecular formula is C20H21ClN4O2S2. The molecule has 0 aliphatic carbocycles. The largest absolute Gasteiger partial charge is 0.267 e. The minimum Gasteiger partial charge on any atom is -0.267 e. The van der Waals surface area contributed by atoms with Gasteiger partial charge in [-0.3, -0.25) is 9.73 Å². The highest BCUT2D eigenvalue weighted by atomic mass is 35.5. The van der Waals surface area contributed by atoms with Crippen molar-refractivity contribution < 1.29 is 8.42 Å². The van der Waals surface area contributed by atoms with Crippen LogP contribution in [-0.4, -0.2) is 37.3 Å². The van der Waals surface area contributed by atoms with E-state index in [1.54, 1.807) is 11.8 Å². The van der Waals surface area contributed by atoms with Gasteiger partial charge in [0.05, 0.1) is 23.3 Å². The standard InChI is InChI=1S/C20H21ClN4O2S2/c1-12-9-15-10-14(7-8-19(15)25(12)29(3,26)27)18-11-28-20(24-23-18)22-17-6-4-5-16(21)13(17)2/h4-8,10,12H,9,11H2,1-3H3,(H,22,24). The van der Waals surface area contributed by atoms with Crippen LogP contribution < -0.4 is 9.73 Å². The lowest BCUT2D eigenvalue weighted by Crippen LogP contribution is -2.34. The second-order valence-electron chi connectivity index (χ2n) is 7.22. The van der Waals surface area contributed by atoms with Crippen molar-refractivity contribution >= 4 is 55.6 Å². The number of sulfonamides is 1. The second-order valence-corrected chi connectivity index (χ2v) is 10.4. The van der Waals surface area contributed by atoms with Gasteiger partial charge in [-0.25, -0.2) is 13.4 Å². The molecule has 152 valence electrons. The van der Waals surface area contributed by atoms with Crippen molar-refractivity contribution in [1.29, 1.82) is 0 Å². The number of hydrazone groups is 1. The minimum atomic E-state index is -3.29. The van der Waals surface area contributed by atoms with Gasteiger partial charge in [-0.05, 0) is 61.2 Å². The van der Waals surface area contributed by atoms with Crippen LogP contribution in [0.25, 0.3) is 0 Å². The lowest BCUT2D eigenvalue weighted by Gasteiger charge is -2.22. The molecule has 1 N–H and O–H groups in total. The number of aliphatic imine (C=N–C) groups is 1. The third kappa shape index (κ3) is 4.01. The third-order valence-electron chi connectivity index (χ3n) is 5.02. The molecule has 0 amide bonds. The quantitative estimate of drug-likeness (QED) is 0.767. The summed E-state index contributed by atoms with van der Waals surface area (Å²) in [5.74, 6) is 0.676. The van der Waals surface area contributed by atoms with Crippen LogP contribution in [0, 0.1) is 6.92 Å². The molecule has 4 rings (SSSR count). The molecule has 0 radical (unpaired) electrons. The summed E-state index contributed by atoms with van der Waals surface area (Å²) in [4.78, 5) is 4.61. The van der Waals surface area contributed by atoms with Crippen molar-refractivity contribution in [1.82, 2.24) is 5.43 Å². The van der Waals surface area contributed by atoms with Crippen LogP contribution in [0.1, 0.15) is 23.6 Å². The molecule has 0 spiro atoms. The van der Waals surface area contributed by atoms with Crippen molar-refractivity contribution in [3.8, 4) is 0 Å². The van der Waals surface area contributed by atoms with Gasteiger partial charge in [0.25, 0.3) is 0 Å². The first-order valence-electron chi connectivity index (χ1n) is 9.16. The molecule has 0 aromatic heterocycles. The van der Waals surface area contributed by atoms with Gasteiger partial charge in [0.1, 0.15) is 0 Å². The molecule has 29 heavy (non-hydrogen) atoms. The predicted octanol–water partition coefficient (Wildman–Crippen LogP) is 4.09. The number of hydrogen-bond donors (Lipinski definition) is 1. The fraction of sp³-hybridized carbons (Fsp3) is 0.300. The lowest BCUT2D eigenvalue weighted by atomic mass is 10.0. The molecule has 9 heteroatoms. The van der Waals surface area contributed by atoms with Crippen LogP contribution in [0.5, 0.6) is 0 Å². The summed E-state index contributed by atoms with van der Waals surface area (Å²) in [5.41, 5.74) is 8.47. The molecule has 0 saturated heterocycles. The van der Waals surface area contributed by atoms with Crippen molar-refractivity contribution in [2.45, 2.75) is 26.3 Å². The van der Waals surface area contributed by atoms with E-state index in [0.29, 0.717) is 17.2 Å². The number of hydrogen-bond acceptors (Lipinski definition) is 5. The molecule has 2 aromatic rings. The van der Waals surface area contributed by atoms with E-state index in [0.717, 1.165) is 38.9 Å². The third-order valence-corrected chi connectivity index (χ3v) is 7.57. The summed E-state index contributed by atoms with van der Waals surface area (Å²) >= 11 is 7.74. The summed E-state index contributed by atoms with van der Waals surface area (Å²) in [5, 5.41) is 5.90. The molecule has 2 heterocycles. The summed E-state index contributed by atoms with van der Waals surface area (Å²) in [6.07, 6.45) is 1.95. The van der Waals surface area contributed by atoms with Gasteiger partial charge in [0, 0.05) is 16.8 Å². The van der Waals surface area contributed by atoms with Crippen molar-refractivity contribution in [2.75, 3.05) is 16.3 Å². The average Bonchev–Trinajstić information content (AvgIpc) is 3.01. The molecule has 6 nitrogen and oxygen atoms in total. The second kappa shape index (κ2) is 7.66. The Labute approximate surface area is 180 Å². The van der Waals surface area contributed by atoms with Gasteiger partial charge in [0.2, 0.25) is 10.0 Å². The summed E-state index contributed by atoms with van der Waals surface area (Å²) in [6, 6.07) is 11.4. The van der Waals surface area contributed by atoms with Crippen LogP contribution in [-0.2, 0) is 16.4 Å². The number of rotatable bonds is 3. The van der Waals surface area contributed by atoms with E-state index in [1.165, 1.54) is 10.6 Å². The highest BCUT2D eigenvalue weighted by Crippen LogP contribution is 2.35. The summed E-state index contributed by atoms with van der Waals surface area (Å²) in [6.45, 7) is 3.87. The van der Waals surface area contributed by atoms with Gasteiger partial charge in [0.15, 0.2) is 5.17 Å². The zero-order valence-corrected chi connectivity index (χ0v) is 18.7. The topological polar surface area (TPSA) is 74.1 Å². The van der Waals surface area contributed by atoms with E-state index in [-0.39, 0.29) is 6.04 Å². The van der Waals surface area contributed by atoms with Gasteiger partial charge in [-0.2, -0.15) is 5.10 Å². The number of thioether (sulfide) groups is 1. The van der Waals surface area contributed by atoms with Gasteiger partial charge >= 0.3 is 0 Å². The van der Waals surface area contributed by atoms with Gasteiger partial charge in [-0.15, -0.1) is 0 Å². The minimum absolute atomic E-state index is 0.0734. The molecule has 0 bridgehead atoms. The van der Waals surface area contributed by atoms with E-state index in [9.17, 15) is 8.42 Å². The fourth-order valence-electron chi connectivity index (χ4n) is 3.64. The Hall–Kier alpha value is -2.03. The van der Waals surface area contributed by atoms with Gasteiger partial charge in [-0.1, -0.05) is 35.5 Å². The highest BCUT2D eigenvalue weighted by molar-refractivity contribution is 8.14. The summed E-state index contributed by atoms with van der Waals surface area (Å²) < 4.78 is 25.7. The Kier molecular flexibility index (Phi) is 5.35. The number of amidine groups is 1. The smallest absolute Gasteiger partial charge is 0.232 e. The molecular weight excluding hydrogens is 428 g/mol. The number of halogens is 1. The van der Waals surface area contributed by atoms with Crippen LogP contribution in [0.2, 0.25) is 5.02 Å². The molecule has 1 unspecified atom stereocenters. The molecule has 0 fully saturated rings. The van der Waals surface area contributed by atoms with Crippen molar-refractivity contribution in [3.05, 3.63) is 58.1 Å². The maximum absolute atomic E-state index is 12.1. The van der Waals surface area contributed by atoms with Crippen LogP contribution in [0.4, 0.5) is 11.4 Å². The zero-order valence-electron chi connectivity index (χ0n) is 16.3. The number of nitrogens with zero attached hydrogens (tertiary/aromatic N) is 3. The Balaban J connectivity index is 1.57. The normalized spacial score (nSPS) is 20.4. The van der Waals surface area contributed by atoms with E-state index in [2.05, 4.69) is 15.5 Å². The number of anilines is 1. The highest BCUT2D eigenvalue weighted by Gasteiger charge is 2.32. The first-order valence-corrected chi connectivity index (χ1v) is 12.4. The number of benzene rings is 2. The SMILES string of the molecule is Cc1c(Cl)cccc1N=C1NN=C(c2ccc3c(c2)CC(C)N3S(C)(=O)=O)CS1. The Morgan fingerprint density at radius 1 is 1.31 bits per heavy atom. The maximum atomic E-state index is 12.1. The zero-order chi connectivity index (χ0) is 20.8. The van der Waals surface area contributed by atoms with Crippen LogP contribution in [0.3, 0.4) is 0 Å². The Morgan fingerprint density at radius 3 is 2.79 bits per heavy atom. The van der Waals surface area contributed by atoms with Crippen molar-refractivity contribution in [3.63, 3.8) is 0 Å². The molecule has 2 aromatic carbocycles. The Bertz CT molecular complexity index is 1150. The number of nitrogens with one attached hydrogen (secondary N) is 1. The number of fused-ring (bicyclic) bond motifs is 1. The van der Waals surface area contributed by atoms with E-state index >= 15 is 0 Å². The Morgan fingerprint density at radius 2 is 2.10 bits per heavy atom. The predicted molar refractivity (Wildman–Crippen MR) is 122 cm³/mol. The monoisotopic (exact) mass is 448 g/mol. The van der Waals surface area contributed by atoms with Crippen LogP contribution >= 0.6 is 23.4 Å². The molecule has 0 saturated carbocycles. The first-order chi connectivity index (χ1) is 13.7. The van der Waals surface area contributed by atoms with E-state index in [1.807, 2.05) is 50.2 Å². The van der Waals surface area contributed by atoms with E-state index < -0.39 is 10.0 Å². The maximum Gasteiger partial charge on any atom is 0.232 e. The van der Waals surface area contributed by atoms with Crippen molar-refractivity contribution in [2.24, 2.45) is 10.1 Å². The lowest BCUT2D eigenvalue weighted by molar-refractivity contribution is 0.590.